The number of nitrogens with zero attached hydrogens (tertiary/aromatic N) is 4. The van der Waals surface area contributed by atoms with Crippen LogP contribution < -0.4 is 0 Å². The van der Waals surface area contributed by atoms with Crippen LogP contribution in [-0.4, -0.2) is 44.4 Å². The largest absolute Gasteiger partial charge is 0.342 e. The fourth-order valence-electron chi connectivity index (χ4n) is 4.63. The molecular weight excluding hydrogens is 472 g/mol. The first-order chi connectivity index (χ1) is 17.0. The molecule has 0 radical (unpaired) electrons. The zero-order chi connectivity index (χ0) is 26.0. The van der Waals surface area contributed by atoms with E-state index in [2.05, 4.69) is 16.2 Å². The molecule has 2 heterocycles. The number of allylic oxidation sites excluding steroid dienone is 1. The van der Waals surface area contributed by atoms with Crippen LogP contribution in [0.3, 0.4) is 0 Å². The molecule has 1 aromatic carbocycles. The predicted octanol–water partition coefficient (Wildman–Crippen LogP) is 6.09. The molecule has 36 heavy (non-hydrogen) atoms. The van der Waals surface area contributed by atoms with Crippen molar-refractivity contribution in [3.05, 3.63) is 82.4 Å². The van der Waals surface area contributed by atoms with E-state index in [1.807, 2.05) is 63.9 Å². The summed E-state index contributed by atoms with van der Waals surface area (Å²) in [5.74, 6) is 0.180. The number of Topliss-reactive ketones (excluding diaryl/α,β-unsaturated/α-hetero) is 1. The minimum absolute atomic E-state index is 0.00791. The highest BCUT2D eigenvalue weighted by Crippen LogP contribution is 2.30. The number of amides is 1. The van der Waals surface area contributed by atoms with E-state index < -0.39 is 0 Å². The van der Waals surface area contributed by atoms with Crippen molar-refractivity contribution in [2.75, 3.05) is 7.05 Å². The van der Waals surface area contributed by atoms with E-state index in [-0.39, 0.29) is 29.6 Å². The summed E-state index contributed by atoms with van der Waals surface area (Å²) < 4.78 is 1.75. The van der Waals surface area contributed by atoms with Crippen LogP contribution >= 0.6 is 11.6 Å². The third-order valence-electron chi connectivity index (χ3n) is 6.79. The summed E-state index contributed by atoms with van der Waals surface area (Å²) in [5, 5.41) is 5.06. The number of carbonyl (C=O) groups is 2. The molecule has 0 saturated heterocycles. The van der Waals surface area contributed by atoms with Gasteiger partial charge in [0.25, 0.3) is 0 Å². The molecule has 1 aliphatic rings. The van der Waals surface area contributed by atoms with Crippen molar-refractivity contribution in [2.45, 2.75) is 59.4 Å². The molecule has 1 amide bonds. The fourth-order valence-corrected chi connectivity index (χ4v) is 4.75. The number of hydrogen-bond donors (Lipinski definition) is 0. The lowest BCUT2D eigenvalue weighted by Crippen LogP contribution is -2.43. The number of halogens is 1. The molecule has 3 aromatic rings. The first-order valence-corrected chi connectivity index (χ1v) is 12.7. The van der Waals surface area contributed by atoms with Crippen LogP contribution in [-0.2, 0) is 11.2 Å². The molecule has 0 saturated carbocycles. The highest BCUT2D eigenvalue weighted by molar-refractivity contribution is 6.30. The lowest BCUT2D eigenvalue weighted by molar-refractivity contribution is -0.140. The van der Waals surface area contributed by atoms with E-state index in [0.29, 0.717) is 10.6 Å². The molecular formula is C29H33ClN4O2. The normalized spacial score (nSPS) is 15.9. The van der Waals surface area contributed by atoms with Gasteiger partial charge in [-0.05, 0) is 67.7 Å². The predicted molar refractivity (Wildman–Crippen MR) is 143 cm³/mol. The van der Waals surface area contributed by atoms with Crippen LogP contribution in [0.15, 0.2) is 54.9 Å². The maximum atomic E-state index is 13.0. The van der Waals surface area contributed by atoms with Crippen LogP contribution in [0.2, 0.25) is 5.02 Å². The number of aromatic nitrogens is 3. The van der Waals surface area contributed by atoms with Gasteiger partial charge < -0.3 is 4.90 Å². The molecule has 0 bridgehead atoms. The first-order valence-electron chi connectivity index (χ1n) is 12.3. The summed E-state index contributed by atoms with van der Waals surface area (Å²) >= 11 is 5.98. The SMILES string of the molecule is Cc1c(C(=O)Cc2ccc(C3=CCC(N(C)C(=O)C(C)(C)C)CC3)nc2)cnn1-c1ccc(Cl)cc1. The van der Waals surface area contributed by atoms with Crippen molar-refractivity contribution in [2.24, 2.45) is 5.41 Å². The molecule has 0 spiro atoms. The standard InChI is InChI=1S/C29H33ClN4O2/c1-19-25(18-32-34(19)24-13-9-22(30)10-14-24)27(35)16-20-6-15-26(31-17-20)21-7-11-23(12-8-21)33(5)28(36)29(2,3)4/h6-7,9-10,13-15,17-18,23H,8,11-12,16H2,1-5H3. The minimum atomic E-state index is -0.374. The van der Waals surface area contributed by atoms with Gasteiger partial charge in [-0.15, -0.1) is 0 Å². The van der Waals surface area contributed by atoms with Gasteiger partial charge in [0, 0.05) is 36.1 Å². The Kier molecular flexibility index (Phi) is 7.46. The Morgan fingerprint density at radius 2 is 1.83 bits per heavy atom. The van der Waals surface area contributed by atoms with Crippen molar-refractivity contribution in [1.82, 2.24) is 19.7 Å². The Bertz CT molecular complexity index is 1280. The third-order valence-corrected chi connectivity index (χ3v) is 7.04. The summed E-state index contributed by atoms with van der Waals surface area (Å²) in [7, 11) is 1.90. The summed E-state index contributed by atoms with van der Waals surface area (Å²) in [6, 6.07) is 11.5. The van der Waals surface area contributed by atoms with E-state index in [1.165, 1.54) is 5.57 Å². The van der Waals surface area contributed by atoms with Crippen molar-refractivity contribution >= 4 is 28.9 Å². The second-order valence-electron chi connectivity index (χ2n) is 10.5. The number of ketones is 1. The first kappa shape index (κ1) is 25.8. The Morgan fingerprint density at radius 1 is 1.11 bits per heavy atom. The summed E-state index contributed by atoms with van der Waals surface area (Å²) in [4.78, 5) is 32.1. The molecule has 0 N–H and O–H groups in total. The molecule has 2 aromatic heterocycles. The average molecular weight is 505 g/mol. The molecule has 6 nitrogen and oxygen atoms in total. The molecule has 7 heteroatoms. The number of rotatable bonds is 6. The Labute approximate surface area is 218 Å². The van der Waals surface area contributed by atoms with Gasteiger partial charge in [-0.25, -0.2) is 4.68 Å². The van der Waals surface area contributed by atoms with Gasteiger partial charge in [0.1, 0.15) is 0 Å². The Hall–Kier alpha value is -3.25. The van der Waals surface area contributed by atoms with Gasteiger partial charge >= 0.3 is 0 Å². The zero-order valence-electron chi connectivity index (χ0n) is 21.6. The molecule has 1 aliphatic carbocycles. The molecule has 0 aliphatic heterocycles. The van der Waals surface area contributed by atoms with E-state index >= 15 is 0 Å². The lowest BCUT2D eigenvalue weighted by atomic mass is 9.89. The van der Waals surface area contributed by atoms with Crippen molar-refractivity contribution < 1.29 is 9.59 Å². The van der Waals surface area contributed by atoms with Gasteiger partial charge in [-0.3, -0.25) is 14.6 Å². The van der Waals surface area contributed by atoms with Gasteiger partial charge in [-0.1, -0.05) is 44.5 Å². The van der Waals surface area contributed by atoms with E-state index in [0.717, 1.165) is 41.9 Å². The van der Waals surface area contributed by atoms with Gasteiger partial charge in [0.2, 0.25) is 5.91 Å². The van der Waals surface area contributed by atoms with Gasteiger partial charge in [0.05, 0.1) is 28.8 Å². The maximum Gasteiger partial charge on any atom is 0.227 e. The highest BCUT2D eigenvalue weighted by Gasteiger charge is 2.30. The lowest BCUT2D eigenvalue weighted by Gasteiger charge is -2.34. The third kappa shape index (κ3) is 5.59. The minimum Gasteiger partial charge on any atom is -0.342 e. The van der Waals surface area contributed by atoms with Crippen LogP contribution in [0.4, 0.5) is 0 Å². The Morgan fingerprint density at radius 3 is 2.42 bits per heavy atom. The van der Waals surface area contributed by atoms with E-state index in [9.17, 15) is 9.59 Å². The zero-order valence-corrected chi connectivity index (χ0v) is 22.3. The summed E-state index contributed by atoms with van der Waals surface area (Å²) in [5.41, 5.74) is 4.88. The monoisotopic (exact) mass is 504 g/mol. The molecule has 0 fully saturated rings. The molecule has 1 atom stereocenters. The maximum absolute atomic E-state index is 13.0. The Balaban J connectivity index is 1.40. The summed E-state index contributed by atoms with van der Waals surface area (Å²) in [6.45, 7) is 7.77. The average Bonchev–Trinajstić information content (AvgIpc) is 3.25. The second-order valence-corrected chi connectivity index (χ2v) is 10.9. The number of carbonyl (C=O) groups excluding carboxylic acids is 2. The van der Waals surface area contributed by atoms with Crippen LogP contribution in [0.25, 0.3) is 11.3 Å². The number of benzene rings is 1. The quantitative estimate of drug-likeness (QED) is 0.380. The van der Waals surface area contributed by atoms with E-state index in [1.54, 1.807) is 29.2 Å². The van der Waals surface area contributed by atoms with Gasteiger partial charge in [0.15, 0.2) is 5.78 Å². The molecule has 4 rings (SSSR count). The van der Waals surface area contributed by atoms with Crippen LogP contribution in [0.5, 0.6) is 0 Å². The smallest absolute Gasteiger partial charge is 0.227 e. The van der Waals surface area contributed by atoms with Crippen LogP contribution in [0.1, 0.15) is 67.3 Å². The highest BCUT2D eigenvalue weighted by atomic mass is 35.5. The van der Waals surface area contributed by atoms with Crippen LogP contribution in [0, 0.1) is 12.3 Å². The fraction of sp³-hybridized carbons (Fsp3) is 0.379. The number of hydrogen-bond acceptors (Lipinski definition) is 4. The molecule has 188 valence electrons. The van der Waals surface area contributed by atoms with E-state index in [4.69, 9.17) is 11.6 Å². The van der Waals surface area contributed by atoms with Crippen molar-refractivity contribution in [3.63, 3.8) is 0 Å². The topological polar surface area (TPSA) is 68.1 Å². The number of pyridine rings is 1. The van der Waals surface area contributed by atoms with Gasteiger partial charge in [-0.2, -0.15) is 5.10 Å². The van der Waals surface area contributed by atoms with Crippen molar-refractivity contribution in [1.29, 1.82) is 0 Å². The summed E-state index contributed by atoms with van der Waals surface area (Å²) in [6.07, 6.45) is 8.49. The second kappa shape index (κ2) is 10.4. The molecule has 1 unspecified atom stereocenters. The van der Waals surface area contributed by atoms with Crippen molar-refractivity contribution in [3.8, 4) is 5.69 Å².